The summed E-state index contributed by atoms with van der Waals surface area (Å²) < 4.78 is 10.8. The highest BCUT2D eigenvalue weighted by Gasteiger charge is 2.13. The summed E-state index contributed by atoms with van der Waals surface area (Å²) >= 11 is 0. The Kier molecular flexibility index (Phi) is 11.0. The first-order valence-corrected chi connectivity index (χ1v) is 6.76. The highest BCUT2D eigenvalue weighted by molar-refractivity contribution is 5.79. The first kappa shape index (κ1) is 17.4. The van der Waals surface area contributed by atoms with Crippen molar-refractivity contribution < 1.29 is 14.3 Å². The number of hydrogen-bond donors (Lipinski definition) is 2. The van der Waals surface area contributed by atoms with Gasteiger partial charge >= 0.3 is 0 Å². The number of nitrogens with one attached hydrogen (secondary N) is 1. The van der Waals surface area contributed by atoms with Crippen molar-refractivity contribution in [1.82, 2.24) is 5.32 Å². The predicted octanol–water partition coefficient (Wildman–Crippen LogP) is 0.919. The molecule has 108 valence electrons. The zero-order valence-electron chi connectivity index (χ0n) is 11.9. The Morgan fingerprint density at radius 2 is 1.89 bits per heavy atom. The smallest absolute Gasteiger partial charge is 0.234 e. The molecule has 0 heterocycles. The molecule has 0 aromatic carbocycles. The van der Waals surface area contributed by atoms with E-state index in [-0.39, 0.29) is 11.9 Å². The second-order valence-corrected chi connectivity index (χ2v) is 4.78. The third-order valence-corrected chi connectivity index (χ3v) is 2.36. The van der Waals surface area contributed by atoms with Crippen molar-refractivity contribution in [1.29, 1.82) is 0 Å². The van der Waals surface area contributed by atoms with Crippen molar-refractivity contribution in [2.75, 3.05) is 33.0 Å². The van der Waals surface area contributed by atoms with Crippen LogP contribution >= 0.6 is 0 Å². The van der Waals surface area contributed by atoms with Crippen molar-refractivity contribution in [3.8, 4) is 0 Å². The number of ether oxygens (including phenoxy) is 2. The predicted molar refractivity (Wildman–Crippen MR) is 72.4 cm³/mol. The number of hydrogen-bond acceptors (Lipinski definition) is 4. The first-order valence-electron chi connectivity index (χ1n) is 6.76. The van der Waals surface area contributed by atoms with E-state index in [0.717, 1.165) is 19.6 Å². The van der Waals surface area contributed by atoms with Gasteiger partial charge in [-0.1, -0.05) is 20.8 Å². The van der Waals surface area contributed by atoms with Gasteiger partial charge in [0.25, 0.3) is 0 Å². The Balaban J connectivity index is 3.46. The summed E-state index contributed by atoms with van der Waals surface area (Å²) in [5.41, 5.74) is 5.29. The molecule has 0 spiro atoms. The quantitative estimate of drug-likeness (QED) is 0.512. The van der Waals surface area contributed by atoms with E-state index < -0.39 is 0 Å². The summed E-state index contributed by atoms with van der Waals surface area (Å²) in [6.45, 7) is 9.50. The molecule has 0 rings (SSSR count). The van der Waals surface area contributed by atoms with Crippen LogP contribution in [0.1, 0.15) is 33.6 Å². The maximum atomic E-state index is 11.1. The average Bonchev–Trinajstić information content (AvgIpc) is 2.30. The lowest BCUT2D eigenvalue weighted by molar-refractivity contribution is -0.120. The van der Waals surface area contributed by atoms with E-state index in [0.29, 0.717) is 32.2 Å². The van der Waals surface area contributed by atoms with Crippen molar-refractivity contribution in [2.24, 2.45) is 11.7 Å². The molecule has 1 atom stereocenters. The van der Waals surface area contributed by atoms with E-state index in [4.69, 9.17) is 15.2 Å². The highest BCUT2D eigenvalue weighted by Crippen LogP contribution is 1.95. The Labute approximate surface area is 110 Å². The van der Waals surface area contributed by atoms with Gasteiger partial charge in [-0.2, -0.15) is 0 Å². The van der Waals surface area contributed by atoms with Gasteiger partial charge in [0.05, 0.1) is 19.3 Å². The fourth-order valence-electron chi connectivity index (χ4n) is 1.40. The molecule has 0 saturated heterocycles. The summed E-state index contributed by atoms with van der Waals surface area (Å²) in [5.74, 6) is 0.227. The molecule has 5 heteroatoms. The standard InChI is InChI=1S/C13H28N2O3/c1-4-6-15-12(13(14)16)5-7-17-8-9-18-10-11(2)3/h11-12,15H,4-10H2,1-3H3,(H2,14,16). The molecule has 0 fully saturated rings. The van der Waals surface area contributed by atoms with Crippen molar-refractivity contribution in [3.63, 3.8) is 0 Å². The highest BCUT2D eigenvalue weighted by atomic mass is 16.5. The van der Waals surface area contributed by atoms with Crippen LogP contribution in [0.4, 0.5) is 0 Å². The molecule has 5 nitrogen and oxygen atoms in total. The maximum Gasteiger partial charge on any atom is 0.234 e. The zero-order chi connectivity index (χ0) is 13.8. The second-order valence-electron chi connectivity index (χ2n) is 4.78. The van der Waals surface area contributed by atoms with E-state index in [2.05, 4.69) is 19.2 Å². The molecular formula is C13H28N2O3. The first-order chi connectivity index (χ1) is 8.57. The molecule has 0 radical (unpaired) electrons. The Morgan fingerprint density at radius 1 is 1.22 bits per heavy atom. The maximum absolute atomic E-state index is 11.1. The monoisotopic (exact) mass is 260 g/mol. The largest absolute Gasteiger partial charge is 0.379 e. The number of nitrogens with two attached hydrogens (primary N) is 1. The third kappa shape index (κ3) is 10.5. The molecule has 0 aliphatic carbocycles. The van der Waals surface area contributed by atoms with Gasteiger partial charge in [0.1, 0.15) is 0 Å². The minimum Gasteiger partial charge on any atom is -0.379 e. The minimum absolute atomic E-state index is 0.290. The van der Waals surface area contributed by atoms with E-state index >= 15 is 0 Å². The van der Waals surface area contributed by atoms with E-state index in [1.807, 2.05) is 6.92 Å². The summed E-state index contributed by atoms with van der Waals surface area (Å²) in [6, 6.07) is -0.290. The van der Waals surface area contributed by atoms with Crippen LogP contribution in [0.15, 0.2) is 0 Å². The van der Waals surface area contributed by atoms with Crippen molar-refractivity contribution in [3.05, 3.63) is 0 Å². The summed E-state index contributed by atoms with van der Waals surface area (Å²) in [4.78, 5) is 11.1. The van der Waals surface area contributed by atoms with Crippen LogP contribution in [0.2, 0.25) is 0 Å². The molecule has 0 bridgehead atoms. The zero-order valence-corrected chi connectivity index (χ0v) is 11.9. The molecule has 1 unspecified atom stereocenters. The molecule has 0 aromatic rings. The van der Waals surface area contributed by atoms with Crippen LogP contribution in [0.25, 0.3) is 0 Å². The van der Waals surface area contributed by atoms with Crippen molar-refractivity contribution in [2.45, 2.75) is 39.7 Å². The van der Waals surface area contributed by atoms with Crippen LogP contribution in [0.5, 0.6) is 0 Å². The lowest BCUT2D eigenvalue weighted by atomic mass is 10.2. The van der Waals surface area contributed by atoms with Crippen molar-refractivity contribution >= 4 is 5.91 Å². The van der Waals surface area contributed by atoms with Gasteiger partial charge in [0, 0.05) is 13.2 Å². The molecule has 3 N–H and O–H groups in total. The topological polar surface area (TPSA) is 73.6 Å². The lowest BCUT2D eigenvalue weighted by Crippen LogP contribution is -2.42. The summed E-state index contributed by atoms with van der Waals surface area (Å²) in [5, 5.41) is 3.10. The van der Waals surface area contributed by atoms with E-state index in [9.17, 15) is 4.79 Å². The fraction of sp³-hybridized carbons (Fsp3) is 0.923. The number of amides is 1. The Bertz CT molecular complexity index is 210. The average molecular weight is 260 g/mol. The van der Waals surface area contributed by atoms with E-state index in [1.54, 1.807) is 0 Å². The number of primary amides is 1. The second kappa shape index (κ2) is 11.4. The fourth-order valence-corrected chi connectivity index (χ4v) is 1.40. The molecular weight excluding hydrogens is 232 g/mol. The van der Waals surface area contributed by atoms with Gasteiger partial charge in [-0.05, 0) is 25.3 Å². The van der Waals surface area contributed by atoms with Gasteiger partial charge < -0.3 is 20.5 Å². The normalized spacial score (nSPS) is 12.9. The lowest BCUT2D eigenvalue weighted by Gasteiger charge is -2.15. The SMILES string of the molecule is CCCNC(CCOCCOCC(C)C)C(N)=O. The van der Waals surface area contributed by atoms with Gasteiger partial charge in [0.15, 0.2) is 0 Å². The summed E-state index contributed by atoms with van der Waals surface area (Å²) in [6.07, 6.45) is 1.59. The molecule has 0 saturated carbocycles. The number of carbonyl (C=O) groups excluding carboxylic acids is 1. The van der Waals surface area contributed by atoms with E-state index in [1.165, 1.54) is 0 Å². The number of carbonyl (C=O) groups is 1. The third-order valence-electron chi connectivity index (χ3n) is 2.36. The van der Waals surface area contributed by atoms with Gasteiger partial charge in [-0.25, -0.2) is 0 Å². The van der Waals surface area contributed by atoms with Gasteiger partial charge in [0.2, 0.25) is 5.91 Å². The molecule has 0 aromatic heterocycles. The Morgan fingerprint density at radius 3 is 2.44 bits per heavy atom. The molecule has 0 aliphatic heterocycles. The van der Waals surface area contributed by atoms with Crippen LogP contribution in [0, 0.1) is 5.92 Å². The number of rotatable bonds is 12. The molecule has 1 amide bonds. The van der Waals surface area contributed by atoms with Gasteiger partial charge in [-0.3, -0.25) is 4.79 Å². The van der Waals surface area contributed by atoms with Crippen LogP contribution in [-0.2, 0) is 14.3 Å². The van der Waals surface area contributed by atoms with Crippen LogP contribution < -0.4 is 11.1 Å². The van der Waals surface area contributed by atoms with Crippen LogP contribution in [-0.4, -0.2) is 44.9 Å². The van der Waals surface area contributed by atoms with Crippen LogP contribution in [0.3, 0.4) is 0 Å². The minimum atomic E-state index is -0.317. The summed E-state index contributed by atoms with van der Waals surface area (Å²) in [7, 11) is 0. The molecule has 0 aliphatic rings. The van der Waals surface area contributed by atoms with Gasteiger partial charge in [-0.15, -0.1) is 0 Å². The molecule has 18 heavy (non-hydrogen) atoms. The Hall–Kier alpha value is -0.650.